The maximum absolute atomic E-state index is 6.05. The molecule has 0 radical (unpaired) electrons. The molecule has 13 heavy (non-hydrogen) atoms. The molecule has 1 aromatic rings. The van der Waals surface area contributed by atoms with E-state index in [9.17, 15) is 0 Å². The Morgan fingerprint density at radius 1 is 1.23 bits per heavy atom. The van der Waals surface area contributed by atoms with Gasteiger partial charge in [-0.2, -0.15) is 0 Å². The fourth-order valence-corrected chi connectivity index (χ4v) is 1.09. The summed E-state index contributed by atoms with van der Waals surface area (Å²) >= 11 is 6.05. The minimum atomic E-state index is 0.759. The lowest BCUT2D eigenvalue weighted by Gasteiger charge is -1.95. The van der Waals surface area contributed by atoms with Gasteiger partial charge in [-0.1, -0.05) is 41.9 Å². The van der Waals surface area contributed by atoms with Crippen LogP contribution in [0.15, 0.2) is 36.4 Å². The van der Waals surface area contributed by atoms with Gasteiger partial charge in [0.25, 0.3) is 0 Å². The summed E-state index contributed by atoms with van der Waals surface area (Å²) < 4.78 is 1.95. The van der Waals surface area contributed by atoms with Crippen molar-refractivity contribution in [2.24, 2.45) is 0 Å². The lowest BCUT2D eigenvalue weighted by atomic mass is 10.2. The summed E-state index contributed by atoms with van der Waals surface area (Å²) in [6, 6.07) is 9.90. The monoisotopic (exact) mass is 194 g/mol. The Hall–Kier alpha value is -1.08. The summed E-state index contributed by atoms with van der Waals surface area (Å²) in [7, 11) is 3.93. The molecule has 1 nitrogen and oxygen atoms in total. The van der Waals surface area contributed by atoms with Gasteiger partial charge in [0.2, 0.25) is 0 Å². The van der Waals surface area contributed by atoms with Crippen molar-refractivity contribution in [3.63, 3.8) is 0 Å². The van der Waals surface area contributed by atoms with E-state index < -0.39 is 0 Å². The molecule has 0 aliphatic rings. The predicted octanol–water partition coefficient (Wildman–Crippen LogP) is 2.61. The van der Waals surface area contributed by atoms with Crippen LogP contribution in [-0.4, -0.2) is 24.9 Å². The molecule has 2 heteroatoms. The Morgan fingerprint density at radius 2 is 1.85 bits per heavy atom. The van der Waals surface area contributed by atoms with Crippen LogP contribution in [0.3, 0.4) is 0 Å². The molecule has 0 aliphatic carbocycles. The van der Waals surface area contributed by atoms with Crippen LogP contribution in [0.2, 0.25) is 0 Å². The fourth-order valence-electron chi connectivity index (χ4n) is 0.908. The molecule has 0 atom stereocenters. The zero-order valence-corrected chi connectivity index (χ0v) is 8.62. The molecule has 0 unspecified atom stereocenters. The van der Waals surface area contributed by atoms with E-state index in [4.69, 9.17) is 11.6 Å². The molecule has 0 saturated carbocycles. The molecule has 0 fully saturated rings. The van der Waals surface area contributed by atoms with Crippen LogP contribution in [0, 0.1) is 0 Å². The smallest absolute Gasteiger partial charge is 0.164 e. The van der Waals surface area contributed by atoms with Crippen LogP contribution >= 0.6 is 11.6 Å². The maximum atomic E-state index is 6.05. The van der Waals surface area contributed by atoms with Gasteiger partial charge in [0.1, 0.15) is 14.1 Å². The van der Waals surface area contributed by atoms with E-state index in [1.54, 1.807) is 0 Å². The average Bonchev–Trinajstić information content (AvgIpc) is 2.15. The van der Waals surface area contributed by atoms with Crippen LogP contribution in [0.5, 0.6) is 0 Å². The minimum Gasteiger partial charge on any atom is -0.241 e. The van der Waals surface area contributed by atoms with E-state index in [1.165, 1.54) is 0 Å². The fraction of sp³-hybridized carbons (Fsp3) is 0.182. The number of allylic oxidation sites excluding steroid dienone is 1. The Morgan fingerprint density at radius 3 is 2.38 bits per heavy atom. The number of hydrogen-bond donors (Lipinski definition) is 0. The van der Waals surface area contributed by atoms with Crippen molar-refractivity contribution in [1.82, 2.24) is 0 Å². The molecular formula is C11H13ClN+. The first-order valence-corrected chi connectivity index (χ1v) is 4.50. The second-order valence-electron chi connectivity index (χ2n) is 2.99. The van der Waals surface area contributed by atoms with E-state index in [0.29, 0.717) is 0 Å². The molecule has 1 aromatic carbocycles. The van der Waals surface area contributed by atoms with Crippen LogP contribution in [0.1, 0.15) is 5.56 Å². The summed E-state index contributed by atoms with van der Waals surface area (Å²) in [6.07, 6.45) is 3.81. The second kappa shape index (κ2) is 4.83. The Labute approximate surface area is 84.0 Å². The van der Waals surface area contributed by atoms with Crippen molar-refractivity contribution in [2.45, 2.75) is 0 Å². The first-order chi connectivity index (χ1) is 6.20. The van der Waals surface area contributed by atoms with Crippen LogP contribution in [-0.2, 0) is 0 Å². The van der Waals surface area contributed by atoms with Crippen molar-refractivity contribution in [3.05, 3.63) is 42.0 Å². The van der Waals surface area contributed by atoms with Gasteiger partial charge in [0.05, 0.1) is 5.03 Å². The second-order valence-corrected chi connectivity index (χ2v) is 3.40. The highest BCUT2D eigenvalue weighted by Gasteiger charge is 1.94. The topological polar surface area (TPSA) is 3.01 Å². The normalized spacial score (nSPS) is 11.2. The largest absolute Gasteiger partial charge is 0.241 e. The Kier molecular flexibility index (Phi) is 3.71. The zero-order chi connectivity index (χ0) is 9.68. The third kappa shape index (κ3) is 3.43. The lowest BCUT2D eigenvalue weighted by molar-refractivity contribution is -0.458. The van der Waals surface area contributed by atoms with Gasteiger partial charge in [-0.3, -0.25) is 0 Å². The standard InChI is InChI=1S/C11H13ClN/c1-13(2)9-8-11(12)10-6-4-3-5-7-10/h3-9H,1-2H3/q+1/b11-8-. The molecule has 0 saturated heterocycles. The van der Waals surface area contributed by atoms with Crippen LogP contribution in [0.25, 0.3) is 5.03 Å². The van der Waals surface area contributed by atoms with Gasteiger partial charge >= 0.3 is 0 Å². The van der Waals surface area contributed by atoms with Crippen LogP contribution in [0.4, 0.5) is 0 Å². The highest BCUT2D eigenvalue weighted by Crippen LogP contribution is 2.16. The van der Waals surface area contributed by atoms with Crippen LogP contribution < -0.4 is 0 Å². The summed E-state index contributed by atoms with van der Waals surface area (Å²) in [4.78, 5) is 0. The van der Waals surface area contributed by atoms with Crippen molar-refractivity contribution < 1.29 is 4.58 Å². The molecule has 1 rings (SSSR count). The molecule has 0 bridgehead atoms. The summed E-state index contributed by atoms with van der Waals surface area (Å²) in [5, 5.41) is 0.759. The van der Waals surface area contributed by atoms with E-state index in [1.807, 2.05) is 61.3 Å². The quantitative estimate of drug-likeness (QED) is 0.503. The average molecular weight is 195 g/mol. The molecule has 0 aliphatic heterocycles. The number of rotatable bonds is 2. The highest BCUT2D eigenvalue weighted by molar-refractivity contribution is 6.49. The molecule has 68 valence electrons. The number of benzene rings is 1. The molecule has 0 N–H and O–H groups in total. The summed E-state index contributed by atoms with van der Waals surface area (Å²) in [5.74, 6) is 0. The molecule has 0 heterocycles. The van der Waals surface area contributed by atoms with E-state index in [-0.39, 0.29) is 0 Å². The third-order valence-electron chi connectivity index (χ3n) is 1.57. The van der Waals surface area contributed by atoms with Gasteiger partial charge in [-0.05, 0) is 5.56 Å². The van der Waals surface area contributed by atoms with Gasteiger partial charge in [0, 0.05) is 6.08 Å². The van der Waals surface area contributed by atoms with Gasteiger partial charge in [-0.15, -0.1) is 0 Å². The third-order valence-corrected chi connectivity index (χ3v) is 1.91. The zero-order valence-electron chi connectivity index (χ0n) is 7.87. The summed E-state index contributed by atoms with van der Waals surface area (Å²) in [6.45, 7) is 0. The molecular weight excluding hydrogens is 182 g/mol. The first-order valence-electron chi connectivity index (χ1n) is 4.12. The van der Waals surface area contributed by atoms with E-state index >= 15 is 0 Å². The summed E-state index contributed by atoms with van der Waals surface area (Å²) in [5.41, 5.74) is 1.04. The molecule has 0 aromatic heterocycles. The van der Waals surface area contributed by atoms with Crippen molar-refractivity contribution in [2.75, 3.05) is 14.1 Å². The van der Waals surface area contributed by atoms with Crippen molar-refractivity contribution in [1.29, 1.82) is 0 Å². The van der Waals surface area contributed by atoms with E-state index in [2.05, 4.69) is 0 Å². The number of nitrogens with zero attached hydrogens (tertiary/aromatic N) is 1. The number of halogens is 1. The SMILES string of the molecule is C[N+](C)=C/C=C(\Cl)c1ccccc1. The highest BCUT2D eigenvalue weighted by atomic mass is 35.5. The number of hydrogen-bond acceptors (Lipinski definition) is 0. The first kappa shape index (κ1) is 10.0. The maximum Gasteiger partial charge on any atom is 0.164 e. The van der Waals surface area contributed by atoms with Gasteiger partial charge in [-0.25, -0.2) is 4.58 Å². The van der Waals surface area contributed by atoms with E-state index in [0.717, 1.165) is 10.6 Å². The Balaban J connectivity index is 2.86. The van der Waals surface area contributed by atoms with Crippen molar-refractivity contribution in [3.8, 4) is 0 Å². The van der Waals surface area contributed by atoms with Gasteiger partial charge in [0.15, 0.2) is 6.21 Å². The molecule has 0 spiro atoms. The molecule has 0 amide bonds. The lowest BCUT2D eigenvalue weighted by Crippen LogP contribution is -1.95. The van der Waals surface area contributed by atoms with Crippen molar-refractivity contribution >= 4 is 22.8 Å². The Bertz CT molecular complexity index is 321. The minimum absolute atomic E-state index is 0.759. The van der Waals surface area contributed by atoms with Gasteiger partial charge < -0.3 is 0 Å². The predicted molar refractivity (Wildman–Crippen MR) is 58.4 cm³/mol.